The summed E-state index contributed by atoms with van der Waals surface area (Å²) in [6.45, 7) is 9.34. The lowest BCUT2D eigenvalue weighted by atomic mass is 9.87. The van der Waals surface area contributed by atoms with Crippen LogP contribution in [0.5, 0.6) is 0 Å². The van der Waals surface area contributed by atoms with Gasteiger partial charge in [0.2, 0.25) is 0 Å². The Kier molecular flexibility index (Phi) is 15.7. The van der Waals surface area contributed by atoms with Crippen LogP contribution in [-0.4, -0.2) is 12.2 Å². The van der Waals surface area contributed by atoms with Crippen LogP contribution >= 0.6 is 0 Å². The molecule has 0 atom stereocenters. The van der Waals surface area contributed by atoms with Gasteiger partial charge in [-0.15, -0.1) is 0 Å². The first kappa shape index (κ1) is 21.9. The van der Waals surface area contributed by atoms with Crippen molar-refractivity contribution in [1.82, 2.24) is 0 Å². The lowest BCUT2D eigenvalue weighted by Crippen LogP contribution is -2.33. The second-order valence-corrected chi connectivity index (χ2v) is 6.53. The summed E-state index contributed by atoms with van der Waals surface area (Å²) in [4.78, 5) is 10.8. The Labute approximate surface area is 139 Å². The van der Waals surface area contributed by atoms with Crippen LogP contribution in [-0.2, 0) is 14.8 Å². The highest BCUT2D eigenvalue weighted by Gasteiger charge is 2.31. The van der Waals surface area contributed by atoms with Crippen molar-refractivity contribution in [3.05, 3.63) is 0 Å². The fraction of sp³-hybridized carbons (Fsp3) is 1.00. The first-order chi connectivity index (χ1) is 10.7. The third kappa shape index (κ3) is 11.4. The van der Waals surface area contributed by atoms with Gasteiger partial charge >= 0.3 is 0 Å². The van der Waals surface area contributed by atoms with Crippen LogP contribution in [0.2, 0.25) is 0 Å². The SMILES string of the molecule is CCCCCCCCCC(CCC)(CCC)OOOCCC. The van der Waals surface area contributed by atoms with Crippen molar-refractivity contribution >= 4 is 0 Å². The van der Waals surface area contributed by atoms with Gasteiger partial charge in [-0.05, 0) is 25.7 Å². The van der Waals surface area contributed by atoms with Crippen LogP contribution in [0.1, 0.15) is 111 Å². The molecule has 3 nitrogen and oxygen atoms in total. The first-order valence-corrected chi connectivity index (χ1v) is 9.72. The van der Waals surface area contributed by atoms with E-state index in [0.717, 1.165) is 38.5 Å². The van der Waals surface area contributed by atoms with E-state index in [1.54, 1.807) is 0 Å². The molecule has 0 radical (unpaired) electrons. The van der Waals surface area contributed by atoms with E-state index in [1.807, 2.05) is 0 Å². The Hall–Kier alpha value is -0.120. The molecule has 22 heavy (non-hydrogen) atoms. The molecule has 0 amide bonds. The molecule has 0 aliphatic carbocycles. The van der Waals surface area contributed by atoms with Crippen LogP contribution in [0.25, 0.3) is 0 Å². The Morgan fingerprint density at radius 3 is 1.73 bits per heavy atom. The molecule has 0 aliphatic heterocycles. The molecule has 0 bridgehead atoms. The van der Waals surface area contributed by atoms with E-state index >= 15 is 0 Å². The van der Waals surface area contributed by atoms with Crippen LogP contribution in [0, 0.1) is 0 Å². The van der Waals surface area contributed by atoms with Crippen LogP contribution in [0.15, 0.2) is 0 Å². The van der Waals surface area contributed by atoms with Gasteiger partial charge in [0.1, 0.15) is 5.60 Å². The van der Waals surface area contributed by atoms with E-state index in [2.05, 4.69) is 27.7 Å². The zero-order valence-electron chi connectivity index (χ0n) is 15.6. The number of rotatable bonds is 17. The quantitative estimate of drug-likeness (QED) is 0.169. The second-order valence-electron chi connectivity index (χ2n) is 6.53. The van der Waals surface area contributed by atoms with Crippen LogP contribution in [0.4, 0.5) is 0 Å². The predicted octanol–water partition coefficient (Wildman–Crippen LogP) is 6.76. The normalized spacial score (nSPS) is 12.0. The Morgan fingerprint density at radius 2 is 1.18 bits per heavy atom. The lowest BCUT2D eigenvalue weighted by Gasteiger charge is -2.31. The van der Waals surface area contributed by atoms with Crippen LogP contribution < -0.4 is 0 Å². The van der Waals surface area contributed by atoms with Gasteiger partial charge in [-0.1, -0.05) is 90.5 Å². The summed E-state index contributed by atoms with van der Waals surface area (Å²) in [5.41, 5.74) is -0.152. The zero-order valence-corrected chi connectivity index (χ0v) is 15.6. The van der Waals surface area contributed by atoms with Crippen molar-refractivity contribution in [3.63, 3.8) is 0 Å². The smallest absolute Gasteiger partial charge is 0.107 e. The zero-order chi connectivity index (χ0) is 16.5. The molecule has 3 heteroatoms. The highest BCUT2D eigenvalue weighted by atomic mass is 17.5. The third-order valence-corrected chi connectivity index (χ3v) is 4.19. The highest BCUT2D eigenvalue weighted by molar-refractivity contribution is 4.78. The first-order valence-electron chi connectivity index (χ1n) is 9.72. The molecule has 0 aromatic rings. The molecule has 0 spiro atoms. The second kappa shape index (κ2) is 15.8. The lowest BCUT2D eigenvalue weighted by molar-refractivity contribution is -0.545. The summed E-state index contributed by atoms with van der Waals surface area (Å²) in [5.74, 6) is 0. The van der Waals surface area contributed by atoms with Crippen LogP contribution in [0.3, 0.4) is 0 Å². The van der Waals surface area contributed by atoms with E-state index in [-0.39, 0.29) is 5.60 Å². The summed E-state index contributed by atoms with van der Waals surface area (Å²) < 4.78 is 0. The summed E-state index contributed by atoms with van der Waals surface area (Å²) >= 11 is 0. The molecule has 0 unspecified atom stereocenters. The Balaban J connectivity index is 4.08. The summed E-state index contributed by atoms with van der Waals surface area (Å²) in [5, 5.41) is 5.05. The largest absolute Gasteiger partial charge is 0.206 e. The van der Waals surface area contributed by atoms with Crippen molar-refractivity contribution in [2.24, 2.45) is 0 Å². The van der Waals surface area contributed by atoms with Gasteiger partial charge in [-0.2, -0.15) is 4.89 Å². The molecular formula is C19H40O3. The minimum Gasteiger partial charge on any atom is -0.206 e. The molecule has 0 rings (SSSR count). The Morgan fingerprint density at radius 1 is 0.591 bits per heavy atom. The fourth-order valence-electron chi connectivity index (χ4n) is 3.03. The summed E-state index contributed by atoms with van der Waals surface area (Å²) in [6, 6.07) is 0. The third-order valence-electron chi connectivity index (χ3n) is 4.19. The molecule has 134 valence electrons. The monoisotopic (exact) mass is 316 g/mol. The van der Waals surface area contributed by atoms with Crippen molar-refractivity contribution in [3.8, 4) is 0 Å². The van der Waals surface area contributed by atoms with Crippen molar-refractivity contribution < 1.29 is 14.8 Å². The summed E-state index contributed by atoms with van der Waals surface area (Å²) in [7, 11) is 0. The topological polar surface area (TPSA) is 27.7 Å². The van der Waals surface area contributed by atoms with Gasteiger partial charge in [0, 0.05) is 0 Å². The van der Waals surface area contributed by atoms with Gasteiger partial charge in [-0.3, -0.25) is 0 Å². The van der Waals surface area contributed by atoms with Crippen molar-refractivity contribution in [1.29, 1.82) is 0 Å². The molecule has 0 aromatic carbocycles. The molecular weight excluding hydrogens is 276 g/mol. The van der Waals surface area contributed by atoms with Crippen molar-refractivity contribution in [2.75, 3.05) is 6.61 Å². The average Bonchev–Trinajstić information content (AvgIpc) is 2.51. The van der Waals surface area contributed by atoms with Gasteiger partial charge in [-0.25, -0.2) is 4.89 Å². The minimum atomic E-state index is -0.152. The van der Waals surface area contributed by atoms with E-state index in [9.17, 15) is 0 Å². The maximum absolute atomic E-state index is 5.74. The van der Waals surface area contributed by atoms with Gasteiger partial charge < -0.3 is 0 Å². The van der Waals surface area contributed by atoms with Gasteiger partial charge in [0.25, 0.3) is 0 Å². The maximum atomic E-state index is 5.74. The standard InChI is InChI=1S/C19H40O3/c1-5-9-10-11-12-13-14-17-19(15-6-2,16-7-3)21-22-20-18-8-4/h5-18H2,1-4H3. The summed E-state index contributed by atoms with van der Waals surface area (Å²) in [6.07, 6.45) is 15.7. The Bertz CT molecular complexity index is 213. The molecule has 0 N–H and O–H groups in total. The molecule has 0 aromatic heterocycles. The van der Waals surface area contributed by atoms with E-state index in [1.165, 1.54) is 44.9 Å². The average molecular weight is 317 g/mol. The van der Waals surface area contributed by atoms with Crippen molar-refractivity contribution in [2.45, 2.75) is 117 Å². The molecule has 0 fully saturated rings. The number of hydrogen-bond acceptors (Lipinski definition) is 3. The van der Waals surface area contributed by atoms with E-state index in [4.69, 9.17) is 14.8 Å². The van der Waals surface area contributed by atoms with E-state index in [0.29, 0.717) is 6.61 Å². The predicted molar refractivity (Wildman–Crippen MR) is 93.6 cm³/mol. The van der Waals surface area contributed by atoms with E-state index < -0.39 is 0 Å². The van der Waals surface area contributed by atoms with Gasteiger partial charge in [0.05, 0.1) is 6.61 Å². The number of unbranched alkanes of at least 4 members (excludes halogenated alkanes) is 6. The molecule has 0 aliphatic rings. The molecule has 0 saturated heterocycles. The number of hydrogen-bond donors (Lipinski definition) is 0. The fourth-order valence-corrected chi connectivity index (χ4v) is 3.03. The molecule has 0 saturated carbocycles. The highest BCUT2D eigenvalue weighted by Crippen LogP contribution is 2.31. The maximum Gasteiger partial charge on any atom is 0.107 e. The van der Waals surface area contributed by atoms with Gasteiger partial charge in [0.15, 0.2) is 0 Å². The molecule has 0 heterocycles. The minimum absolute atomic E-state index is 0.152.